The maximum atomic E-state index is 5.75. The minimum Gasteiger partial charge on any atom is -0.435 e. The predicted octanol–water partition coefficient (Wildman–Crippen LogP) is 3.08. The monoisotopic (exact) mass is 431 g/mol. The molecule has 1 heterocycles. The quantitative estimate of drug-likeness (QED) is 0.433. The molecule has 0 unspecified atom stereocenters. The molecule has 1 aliphatic rings. The van der Waals surface area contributed by atoms with Gasteiger partial charge >= 0.3 is 5.90 Å². The molecule has 0 aliphatic carbocycles. The molecule has 0 saturated heterocycles. The summed E-state index contributed by atoms with van der Waals surface area (Å²) in [5, 5.41) is 8.54. The lowest BCUT2D eigenvalue weighted by Gasteiger charge is -2.13. The van der Waals surface area contributed by atoms with E-state index in [9.17, 15) is 0 Å². The van der Waals surface area contributed by atoms with Crippen LogP contribution < -0.4 is 5.59 Å². The number of hydrazine groups is 1. The molecule has 140 valence electrons. The lowest BCUT2D eigenvalue weighted by atomic mass is 10.1. The average molecular weight is 432 g/mol. The van der Waals surface area contributed by atoms with E-state index in [0.29, 0.717) is 19.1 Å². The van der Waals surface area contributed by atoms with Crippen molar-refractivity contribution in [3.8, 4) is 0 Å². The second-order valence-electron chi connectivity index (χ2n) is 5.60. The molecule has 0 aromatic heterocycles. The van der Waals surface area contributed by atoms with Gasteiger partial charge in [0.15, 0.2) is 11.5 Å². The van der Waals surface area contributed by atoms with Crippen molar-refractivity contribution < 1.29 is 19.3 Å². The van der Waals surface area contributed by atoms with E-state index in [2.05, 4.69) is 31.7 Å². The van der Waals surface area contributed by atoms with Gasteiger partial charge in [0.25, 0.3) is 0 Å². The number of hydrogen-bond acceptors (Lipinski definition) is 6. The van der Waals surface area contributed by atoms with E-state index in [4.69, 9.17) is 14.4 Å². The highest BCUT2D eigenvalue weighted by Gasteiger charge is 2.29. The summed E-state index contributed by atoms with van der Waals surface area (Å²) in [6.07, 6.45) is 1.69. The maximum Gasteiger partial charge on any atom is 0.454 e. The Labute approximate surface area is 166 Å². The van der Waals surface area contributed by atoms with Gasteiger partial charge in [0.2, 0.25) is 0 Å². The van der Waals surface area contributed by atoms with Crippen molar-refractivity contribution in [3.63, 3.8) is 0 Å². The number of rotatable bonds is 6. The Morgan fingerprint density at radius 1 is 1.22 bits per heavy atom. The largest absolute Gasteiger partial charge is 0.454 e. The fraction of sp³-hybridized carbons (Fsp3) is 0.211. The van der Waals surface area contributed by atoms with Crippen molar-refractivity contribution in [1.29, 1.82) is 0 Å². The highest BCUT2D eigenvalue weighted by atomic mass is 79.9. The number of hydrazone groups is 1. The van der Waals surface area contributed by atoms with Crippen molar-refractivity contribution in [1.82, 2.24) is 5.59 Å². The number of nitrogens with zero attached hydrogens (tertiary/aromatic N) is 3. The van der Waals surface area contributed by atoms with Crippen LogP contribution in [-0.2, 0) is 14.4 Å². The molecule has 8 heteroatoms. The Hall–Kier alpha value is -2.71. The lowest BCUT2D eigenvalue weighted by Crippen LogP contribution is -2.40. The molecule has 0 saturated carbocycles. The standard InChI is InChI=1S/C19H20BrN4O3/c1-14(15-7-5-8-17(20)12-15)22-21-13-16-6-3-4-9-18(16)19-24(23-25-2)27-11-10-26-19/h3-9,12-13,23H,10-11H2,1-2H3/q+1. The van der Waals surface area contributed by atoms with Crippen molar-refractivity contribution in [2.75, 3.05) is 20.3 Å². The van der Waals surface area contributed by atoms with E-state index >= 15 is 0 Å². The first-order valence-electron chi connectivity index (χ1n) is 8.33. The first-order valence-corrected chi connectivity index (χ1v) is 9.12. The summed E-state index contributed by atoms with van der Waals surface area (Å²) in [6, 6.07) is 15.6. The third-order valence-electron chi connectivity index (χ3n) is 3.74. The zero-order valence-corrected chi connectivity index (χ0v) is 16.6. The van der Waals surface area contributed by atoms with E-state index < -0.39 is 0 Å². The van der Waals surface area contributed by atoms with Gasteiger partial charge in [0.05, 0.1) is 19.0 Å². The smallest absolute Gasteiger partial charge is 0.435 e. The zero-order valence-electron chi connectivity index (χ0n) is 15.1. The first-order chi connectivity index (χ1) is 13.2. The summed E-state index contributed by atoms with van der Waals surface area (Å²) in [6.45, 7) is 2.79. The van der Waals surface area contributed by atoms with Crippen LogP contribution in [0.4, 0.5) is 0 Å². The van der Waals surface area contributed by atoms with Gasteiger partial charge in [-0.15, -0.1) is 0 Å². The summed E-state index contributed by atoms with van der Waals surface area (Å²) in [7, 11) is 1.50. The SMILES string of the molecule is CON[N+]1=C(c2ccccc2C=NN=C(C)c2cccc(Br)c2)OCCO1. The molecule has 27 heavy (non-hydrogen) atoms. The Balaban J connectivity index is 1.88. The fourth-order valence-corrected chi connectivity index (χ4v) is 2.87. The second-order valence-corrected chi connectivity index (χ2v) is 6.52. The van der Waals surface area contributed by atoms with Crippen molar-refractivity contribution >= 4 is 33.8 Å². The van der Waals surface area contributed by atoms with Crippen molar-refractivity contribution in [2.24, 2.45) is 10.2 Å². The molecular weight excluding hydrogens is 412 g/mol. The van der Waals surface area contributed by atoms with Gasteiger partial charge < -0.3 is 4.74 Å². The fourth-order valence-electron chi connectivity index (χ4n) is 2.48. The summed E-state index contributed by atoms with van der Waals surface area (Å²) >= 11 is 3.46. The van der Waals surface area contributed by atoms with Crippen LogP contribution in [0.1, 0.15) is 23.6 Å². The second kappa shape index (κ2) is 9.29. The summed E-state index contributed by atoms with van der Waals surface area (Å²) in [5.41, 5.74) is 6.10. The topological polar surface area (TPSA) is 67.5 Å². The van der Waals surface area contributed by atoms with Gasteiger partial charge in [-0.2, -0.15) is 10.2 Å². The first kappa shape index (κ1) is 19.1. The number of benzene rings is 2. The van der Waals surface area contributed by atoms with Crippen LogP contribution in [0.3, 0.4) is 0 Å². The minimum absolute atomic E-state index is 0.423. The highest BCUT2D eigenvalue weighted by molar-refractivity contribution is 9.10. The summed E-state index contributed by atoms with van der Waals surface area (Å²) in [5.74, 6) is 0.498. The van der Waals surface area contributed by atoms with Gasteiger partial charge in [-0.1, -0.05) is 46.3 Å². The van der Waals surface area contributed by atoms with Gasteiger partial charge in [0, 0.05) is 10.0 Å². The van der Waals surface area contributed by atoms with Crippen LogP contribution in [0.5, 0.6) is 0 Å². The number of hydrogen-bond donors (Lipinski definition) is 1. The van der Waals surface area contributed by atoms with E-state index in [0.717, 1.165) is 26.9 Å². The van der Waals surface area contributed by atoms with Crippen LogP contribution in [0.25, 0.3) is 0 Å². The predicted molar refractivity (Wildman–Crippen MR) is 107 cm³/mol. The normalized spacial score (nSPS) is 14.9. The van der Waals surface area contributed by atoms with Gasteiger partial charge in [-0.05, 0) is 36.3 Å². The van der Waals surface area contributed by atoms with Gasteiger partial charge in [-0.3, -0.25) is 0 Å². The summed E-state index contributed by atoms with van der Waals surface area (Å²) < 4.78 is 6.75. The van der Waals surface area contributed by atoms with Crippen LogP contribution >= 0.6 is 15.9 Å². The molecule has 0 amide bonds. The molecule has 2 aromatic carbocycles. The number of ether oxygens (including phenoxy) is 1. The van der Waals surface area contributed by atoms with E-state index in [1.165, 1.54) is 12.0 Å². The number of halogens is 1. The van der Waals surface area contributed by atoms with Crippen molar-refractivity contribution in [3.05, 3.63) is 69.7 Å². The van der Waals surface area contributed by atoms with Crippen LogP contribution in [-0.4, -0.2) is 43.0 Å². The zero-order chi connectivity index (χ0) is 19.1. The Morgan fingerprint density at radius 3 is 2.89 bits per heavy atom. The van der Waals surface area contributed by atoms with E-state index in [1.807, 2.05) is 55.5 Å². The average Bonchev–Trinajstić information content (AvgIpc) is 2.69. The molecule has 0 atom stereocenters. The van der Waals surface area contributed by atoms with E-state index in [1.54, 1.807) is 6.21 Å². The molecule has 0 bridgehead atoms. The maximum absolute atomic E-state index is 5.75. The van der Waals surface area contributed by atoms with Crippen LogP contribution in [0.15, 0.2) is 63.2 Å². The Kier molecular flexibility index (Phi) is 6.56. The third kappa shape index (κ3) is 4.93. The molecule has 2 aromatic rings. The summed E-state index contributed by atoms with van der Waals surface area (Å²) in [4.78, 5) is 11.8. The van der Waals surface area contributed by atoms with Gasteiger partial charge in [0.1, 0.15) is 12.2 Å². The minimum atomic E-state index is 0.423. The molecule has 1 aliphatic heterocycles. The van der Waals surface area contributed by atoms with Gasteiger partial charge in [-0.25, -0.2) is 9.68 Å². The molecule has 0 fully saturated rings. The Morgan fingerprint density at radius 2 is 2.07 bits per heavy atom. The third-order valence-corrected chi connectivity index (χ3v) is 4.23. The molecule has 7 nitrogen and oxygen atoms in total. The lowest BCUT2D eigenvalue weighted by molar-refractivity contribution is -0.864. The highest BCUT2D eigenvalue weighted by Crippen LogP contribution is 2.13. The number of nitrogens with one attached hydrogen (secondary N) is 1. The molecule has 3 rings (SSSR count). The molecule has 0 radical (unpaired) electrons. The van der Waals surface area contributed by atoms with E-state index in [-0.39, 0.29) is 0 Å². The molecule has 0 spiro atoms. The van der Waals surface area contributed by atoms with Crippen LogP contribution in [0.2, 0.25) is 0 Å². The van der Waals surface area contributed by atoms with Crippen molar-refractivity contribution in [2.45, 2.75) is 6.92 Å². The van der Waals surface area contributed by atoms with Crippen LogP contribution in [0, 0.1) is 0 Å². The molecular formula is C19H20BrN4O3+. The Bertz CT molecular complexity index is 896. The molecule has 1 N–H and O–H groups in total.